The molecule has 3 heteroatoms. The molecule has 1 N–H and O–H groups in total. The minimum absolute atomic E-state index is 0.301. The van der Waals surface area contributed by atoms with Gasteiger partial charge in [0.25, 0.3) is 0 Å². The number of nitrogens with zero attached hydrogens (tertiary/aromatic N) is 2. The number of likely N-dealkylation sites (N-methyl/N-ethyl adjacent to an activating group) is 1. The lowest BCUT2D eigenvalue weighted by Gasteiger charge is -2.37. The largest absolute Gasteiger partial charge is 0.508 e. The number of phenolic OH excluding ortho intramolecular Hbond substituents is 1. The fourth-order valence-electron chi connectivity index (χ4n) is 2.50. The zero-order valence-electron chi connectivity index (χ0n) is 10.8. The van der Waals surface area contributed by atoms with Crippen LogP contribution in [0.5, 0.6) is 5.75 Å². The quantitative estimate of drug-likeness (QED) is 0.867. The lowest BCUT2D eigenvalue weighted by Crippen LogP contribution is -2.46. The first-order chi connectivity index (χ1) is 8.22. The average Bonchev–Trinajstić information content (AvgIpc) is 2.39. The van der Waals surface area contributed by atoms with E-state index in [4.69, 9.17) is 0 Å². The highest BCUT2D eigenvalue weighted by Crippen LogP contribution is 2.28. The van der Waals surface area contributed by atoms with Gasteiger partial charge in [0.05, 0.1) is 0 Å². The van der Waals surface area contributed by atoms with Crippen molar-refractivity contribution in [2.24, 2.45) is 0 Å². The Morgan fingerprint density at radius 3 is 2.41 bits per heavy atom. The Morgan fingerprint density at radius 2 is 1.82 bits per heavy atom. The van der Waals surface area contributed by atoms with Crippen LogP contribution in [-0.2, 0) is 0 Å². The van der Waals surface area contributed by atoms with Gasteiger partial charge in [0, 0.05) is 37.8 Å². The SMILES string of the molecule is CCN1CCN(C(C)c2ccccc2O)CC1. The van der Waals surface area contributed by atoms with Gasteiger partial charge in [-0.15, -0.1) is 0 Å². The summed E-state index contributed by atoms with van der Waals surface area (Å²) in [6.45, 7) is 9.97. The fraction of sp³-hybridized carbons (Fsp3) is 0.571. The first-order valence-electron chi connectivity index (χ1n) is 6.46. The minimum Gasteiger partial charge on any atom is -0.508 e. The number of benzene rings is 1. The first-order valence-corrected chi connectivity index (χ1v) is 6.46. The number of phenols is 1. The van der Waals surface area contributed by atoms with Crippen LogP contribution in [-0.4, -0.2) is 47.6 Å². The van der Waals surface area contributed by atoms with E-state index < -0.39 is 0 Å². The third kappa shape index (κ3) is 2.79. The van der Waals surface area contributed by atoms with Crippen LogP contribution in [0, 0.1) is 0 Å². The molecular formula is C14H22N2O. The molecule has 94 valence electrons. The summed E-state index contributed by atoms with van der Waals surface area (Å²) < 4.78 is 0. The number of hydrogen-bond donors (Lipinski definition) is 1. The molecule has 1 heterocycles. The summed E-state index contributed by atoms with van der Waals surface area (Å²) in [5.41, 5.74) is 1.04. The Morgan fingerprint density at radius 1 is 1.18 bits per heavy atom. The number of aromatic hydroxyl groups is 1. The molecule has 1 aliphatic heterocycles. The maximum absolute atomic E-state index is 9.87. The highest BCUT2D eigenvalue weighted by Gasteiger charge is 2.22. The third-order valence-electron chi connectivity index (χ3n) is 3.79. The van der Waals surface area contributed by atoms with Crippen LogP contribution >= 0.6 is 0 Å². The van der Waals surface area contributed by atoms with E-state index in [1.807, 2.05) is 18.2 Å². The number of hydrogen-bond acceptors (Lipinski definition) is 3. The van der Waals surface area contributed by atoms with Crippen LogP contribution in [0.1, 0.15) is 25.5 Å². The summed E-state index contributed by atoms with van der Waals surface area (Å²) >= 11 is 0. The molecule has 1 fully saturated rings. The predicted molar refractivity (Wildman–Crippen MR) is 70.2 cm³/mol. The van der Waals surface area contributed by atoms with Crippen LogP contribution in [0.2, 0.25) is 0 Å². The molecule has 0 bridgehead atoms. The van der Waals surface area contributed by atoms with E-state index in [0.717, 1.165) is 38.3 Å². The molecule has 0 saturated carbocycles. The Hall–Kier alpha value is -1.06. The van der Waals surface area contributed by atoms with Gasteiger partial charge in [-0.25, -0.2) is 0 Å². The van der Waals surface area contributed by atoms with E-state index in [0.29, 0.717) is 11.8 Å². The third-order valence-corrected chi connectivity index (χ3v) is 3.79. The van der Waals surface area contributed by atoms with Gasteiger partial charge in [-0.1, -0.05) is 25.1 Å². The molecule has 3 nitrogen and oxygen atoms in total. The van der Waals surface area contributed by atoms with Gasteiger partial charge in [0.15, 0.2) is 0 Å². The van der Waals surface area contributed by atoms with Gasteiger partial charge < -0.3 is 10.0 Å². The molecule has 2 rings (SSSR count). The number of para-hydroxylation sites is 1. The molecule has 0 aromatic heterocycles. The highest BCUT2D eigenvalue weighted by atomic mass is 16.3. The van der Waals surface area contributed by atoms with E-state index in [9.17, 15) is 5.11 Å². The van der Waals surface area contributed by atoms with Crippen LogP contribution in [0.4, 0.5) is 0 Å². The van der Waals surface area contributed by atoms with Crippen LogP contribution in [0.15, 0.2) is 24.3 Å². The van der Waals surface area contributed by atoms with Crippen molar-refractivity contribution in [1.29, 1.82) is 0 Å². The molecule has 0 spiro atoms. The Balaban J connectivity index is 2.02. The lowest BCUT2D eigenvalue weighted by atomic mass is 10.0. The van der Waals surface area contributed by atoms with E-state index in [-0.39, 0.29) is 0 Å². The molecule has 0 aliphatic carbocycles. The summed E-state index contributed by atoms with van der Waals surface area (Å²) in [5, 5.41) is 9.87. The summed E-state index contributed by atoms with van der Waals surface area (Å²) in [4.78, 5) is 4.91. The van der Waals surface area contributed by atoms with Crippen molar-refractivity contribution in [3.05, 3.63) is 29.8 Å². The molecule has 0 amide bonds. The smallest absolute Gasteiger partial charge is 0.120 e. The van der Waals surface area contributed by atoms with Crippen molar-refractivity contribution in [3.8, 4) is 5.75 Å². The average molecular weight is 234 g/mol. The van der Waals surface area contributed by atoms with E-state index in [1.54, 1.807) is 6.07 Å². The second-order valence-corrected chi connectivity index (χ2v) is 4.71. The minimum atomic E-state index is 0.301. The van der Waals surface area contributed by atoms with Crippen molar-refractivity contribution in [2.45, 2.75) is 19.9 Å². The molecule has 17 heavy (non-hydrogen) atoms. The summed E-state index contributed by atoms with van der Waals surface area (Å²) in [7, 11) is 0. The van der Waals surface area contributed by atoms with Gasteiger partial charge in [-0.05, 0) is 19.5 Å². The van der Waals surface area contributed by atoms with Gasteiger partial charge >= 0.3 is 0 Å². The molecule has 1 saturated heterocycles. The van der Waals surface area contributed by atoms with Crippen LogP contribution < -0.4 is 0 Å². The maximum Gasteiger partial charge on any atom is 0.120 e. The topological polar surface area (TPSA) is 26.7 Å². The number of piperazine rings is 1. The summed E-state index contributed by atoms with van der Waals surface area (Å²) in [5.74, 6) is 0.415. The van der Waals surface area contributed by atoms with Gasteiger partial charge in [0.2, 0.25) is 0 Å². The predicted octanol–water partition coefficient (Wildman–Crippen LogP) is 2.09. The normalized spacial score (nSPS) is 20.4. The van der Waals surface area contributed by atoms with Gasteiger partial charge in [-0.2, -0.15) is 0 Å². The Kier molecular flexibility index (Phi) is 4.02. The Labute approximate surface area is 104 Å². The van der Waals surface area contributed by atoms with Crippen molar-refractivity contribution in [3.63, 3.8) is 0 Å². The van der Waals surface area contributed by atoms with Gasteiger partial charge in [-0.3, -0.25) is 4.90 Å². The van der Waals surface area contributed by atoms with Crippen LogP contribution in [0.25, 0.3) is 0 Å². The monoisotopic (exact) mass is 234 g/mol. The van der Waals surface area contributed by atoms with E-state index in [2.05, 4.69) is 23.6 Å². The highest BCUT2D eigenvalue weighted by molar-refractivity contribution is 5.34. The van der Waals surface area contributed by atoms with Crippen molar-refractivity contribution in [2.75, 3.05) is 32.7 Å². The lowest BCUT2D eigenvalue weighted by molar-refractivity contribution is 0.105. The second-order valence-electron chi connectivity index (χ2n) is 4.71. The van der Waals surface area contributed by atoms with Crippen molar-refractivity contribution in [1.82, 2.24) is 9.80 Å². The molecule has 1 atom stereocenters. The molecule has 1 aliphatic rings. The second kappa shape index (κ2) is 5.52. The molecule has 1 unspecified atom stereocenters. The first kappa shape index (κ1) is 12.4. The molecule has 1 aromatic carbocycles. The van der Waals surface area contributed by atoms with E-state index in [1.165, 1.54) is 0 Å². The standard InChI is InChI=1S/C14H22N2O/c1-3-15-8-10-16(11-9-15)12(2)13-6-4-5-7-14(13)17/h4-7,12,17H,3,8-11H2,1-2H3. The summed E-state index contributed by atoms with van der Waals surface area (Å²) in [6, 6.07) is 7.96. The van der Waals surface area contributed by atoms with Crippen LogP contribution in [0.3, 0.4) is 0 Å². The van der Waals surface area contributed by atoms with E-state index >= 15 is 0 Å². The van der Waals surface area contributed by atoms with Crippen molar-refractivity contribution >= 4 is 0 Å². The molecule has 1 aromatic rings. The molecule has 0 radical (unpaired) electrons. The molecular weight excluding hydrogens is 212 g/mol. The zero-order valence-corrected chi connectivity index (χ0v) is 10.8. The Bertz CT molecular complexity index is 359. The maximum atomic E-state index is 9.87. The number of rotatable bonds is 3. The fourth-order valence-corrected chi connectivity index (χ4v) is 2.50. The van der Waals surface area contributed by atoms with Crippen molar-refractivity contribution < 1.29 is 5.11 Å². The van der Waals surface area contributed by atoms with Gasteiger partial charge in [0.1, 0.15) is 5.75 Å². The summed E-state index contributed by atoms with van der Waals surface area (Å²) in [6.07, 6.45) is 0. The zero-order chi connectivity index (χ0) is 12.3.